The summed E-state index contributed by atoms with van der Waals surface area (Å²) in [6, 6.07) is 2.21. The number of rotatable bonds is 4. The van der Waals surface area contributed by atoms with Crippen LogP contribution in [-0.2, 0) is 15.9 Å². The molecule has 3 aliphatic rings. The summed E-state index contributed by atoms with van der Waals surface area (Å²) in [5, 5.41) is 13.9. The molecule has 0 bridgehead atoms. The van der Waals surface area contributed by atoms with E-state index in [9.17, 15) is 9.90 Å². The highest BCUT2D eigenvalue weighted by Crippen LogP contribution is 2.42. The van der Waals surface area contributed by atoms with Crippen molar-refractivity contribution in [1.29, 1.82) is 0 Å². The van der Waals surface area contributed by atoms with Crippen LogP contribution in [0.5, 0.6) is 0 Å². The molecule has 1 aliphatic carbocycles. The van der Waals surface area contributed by atoms with E-state index in [1.807, 2.05) is 18.2 Å². The minimum absolute atomic E-state index is 0.140. The molecule has 7 heteroatoms. The molecular weight excluding hydrogens is 442 g/mol. The Bertz CT molecular complexity index is 996. The number of fused-ring (bicyclic) bond motifs is 1. The van der Waals surface area contributed by atoms with Crippen molar-refractivity contribution in [2.24, 2.45) is 0 Å². The molecule has 2 aliphatic heterocycles. The summed E-state index contributed by atoms with van der Waals surface area (Å²) in [5.41, 5.74) is 4.26. The third-order valence-corrected chi connectivity index (χ3v) is 7.56. The maximum atomic E-state index is 13.3. The van der Waals surface area contributed by atoms with Gasteiger partial charge in [-0.15, -0.1) is 0 Å². The molecule has 0 aromatic carbocycles. The largest absolute Gasteiger partial charge is 0.389 e. The number of aliphatic hydroxyl groups is 1. The van der Waals surface area contributed by atoms with E-state index in [2.05, 4.69) is 35.1 Å². The van der Waals surface area contributed by atoms with E-state index >= 15 is 0 Å². The number of carbonyl (C=O) groups is 1. The lowest BCUT2D eigenvalue weighted by atomic mass is 9.80. The number of aromatic nitrogens is 1. The molecule has 2 N–H and O–H groups in total. The Labute approximate surface area is 208 Å². The molecule has 0 spiro atoms. The summed E-state index contributed by atoms with van der Waals surface area (Å²) in [7, 11) is 1.78. The Kier molecular flexibility index (Phi) is 8.55. The zero-order chi connectivity index (χ0) is 24.8. The number of nitrogens with one attached hydrogen (secondary N) is 1. The number of amides is 1. The monoisotopic (exact) mass is 481 g/mol. The smallest absolute Gasteiger partial charge is 0.253 e. The van der Waals surface area contributed by atoms with Gasteiger partial charge in [-0.2, -0.15) is 0 Å². The van der Waals surface area contributed by atoms with Gasteiger partial charge in [0, 0.05) is 51.7 Å². The molecule has 1 aromatic rings. The van der Waals surface area contributed by atoms with Crippen molar-refractivity contribution in [3.63, 3.8) is 0 Å². The molecule has 35 heavy (non-hydrogen) atoms. The standard InChI is InChI=1S/C28H39N3O4/c1-4-31(23-11-14-35-15-12-23)28(34-3)17-20(2)16-22-8-9-24(32)7-5-6-21-10-13-29-18-25(21)27(33)30-19-26(22)28/h5,7,10,13,16,18,23-24,32H,4,6,8-9,11-12,14-15,17,19H2,1-3H3,(H,30,33). The van der Waals surface area contributed by atoms with E-state index in [1.165, 1.54) is 5.57 Å². The molecule has 1 fully saturated rings. The first kappa shape index (κ1) is 25.8. The first-order valence-electron chi connectivity index (χ1n) is 12.8. The molecular formula is C28H39N3O4. The van der Waals surface area contributed by atoms with E-state index in [-0.39, 0.29) is 5.91 Å². The lowest BCUT2D eigenvalue weighted by molar-refractivity contribution is -0.140. The fraction of sp³-hybridized carbons (Fsp3) is 0.571. The topological polar surface area (TPSA) is 83.9 Å². The van der Waals surface area contributed by atoms with Crippen molar-refractivity contribution >= 4 is 5.91 Å². The third kappa shape index (κ3) is 5.59. The van der Waals surface area contributed by atoms with Crippen molar-refractivity contribution in [2.45, 2.75) is 70.2 Å². The summed E-state index contributed by atoms with van der Waals surface area (Å²) in [6.45, 7) is 7.03. The van der Waals surface area contributed by atoms with Gasteiger partial charge in [-0.1, -0.05) is 30.7 Å². The molecule has 1 aromatic heterocycles. The van der Waals surface area contributed by atoms with Crippen molar-refractivity contribution in [1.82, 2.24) is 15.2 Å². The number of likely N-dealkylation sites (N-methyl/N-ethyl adjacent to an activating group) is 1. The molecule has 190 valence electrons. The average Bonchev–Trinajstić information content (AvgIpc) is 2.88. The van der Waals surface area contributed by atoms with Crippen LogP contribution in [0.3, 0.4) is 0 Å². The van der Waals surface area contributed by atoms with E-state index in [1.54, 1.807) is 19.5 Å². The van der Waals surface area contributed by atoms with Gasteiger partial charge in [-0.25, -0.2) is 0 Å². The second-order valence-electron chi connectivity index (χ2n) is 9.74. The van der Waals surface area contributed by atoms with E-state index in [0.29, 0.717) is 37.4 Å². The Hall–Kier alpha value is -2.32. The van der Waals surface area contributed by atoms with Crippen LogP contribution in [0.25, 0.3) is 0 Å². The van der Waals surface area contributed by atoms with E-state index in [4.69, 9.17) is 9.47 Å². The Morgan fingerprint density at radius 2 is 2.11 bits per heavy atom. The summed E-state index contributed by atoms with van der Waals surface area (Å²) in [6.07, 6.45) is 13.3. The maximum Gasteiger partial charge on any atom is 0.253 e. The quantitative estimate of drug-likeness (QED) is 0.506. The van der Waals surface area contributed by atoms with Crippen LogP contribution in [0.2, 0.25) is 0 Å². The lowest BCUT2D eigenvalue weighted by Crippen LogP contribution is -2.59. The predicted molar refractivity (Wildman–Crippen MR) is 136 cm³/mol. The van der Waals surface area contributed by atoms with E-state index < -0.39 is 11.8 Å². The summed E-state index contributed by atoms with van der Waals surface area (Å²) in [5.74, 6) is -0.140. The van der Waals surface area contributed by atoms with Crippen molar-refractivity contribution < 1.29 is 19.4 Å². The first-order valence-corrected chi connectivity index (χ1v) is 12.8. The molecule has 2 atom stereocenters. The van der Waals surface area contributed by atoms with Crippen LogP contribution < -0.4 is 5.32 Å². The van der Waals surface area contributed by atoms with Crippen LogP contribution in [0.15, 0.2) is 53.4 Å². The maximum absolute atomic E-state index is 13.3. The van der Waals surface area contributed by atoms with Gasteiger partial charge in [-0.05, 0) is 68.3 Å². The molecule has 0 radical (unpaired) electrons. The molecule has 1 saturated heterocycles. The van der Waals surface area contributed by atoms with Gasteiger partial charge in [-0.3, -0.25) is 14.7 Å². The molecule has 4 rings (SSSR count). The van der Waals surface area contributed by atoms with Crippen molar-refractivity contribution in [3.8, 4) is 0 Å². The Morgan fingerprint density at radius 1 is 1.31 bits per heavy atom. The van der Waals surface area contributed by atoms with Crippen molar-refractivity contribution in [3.05, 3.63) is 64.5 Å². The van der Waals surface area contributed by atoms with Gasteiger partial charge in [0.15, 0.2) is 0 Å². The number of ether oxygens (including phenoxy) is 2. The second kappa shape index (κ2) is 11.6. The second-order valence-corrected chi connectivity index (χ2v) is 9.74. The molecule has 1 amide bonds. The van der Waals surface area contributed by atoms with Gasteiger partial charge in [0.2, 0.25) is 0 Å². The fourth-order valence-corrected chi connectivity index (χ4v) is 5.86. The number of hydrogen-bond acceptors (Lipinski definition) is 6. The van der Waals surface area contributed by atoms with Gasteiger partial charge in [0.25, 0.3) is 5.91 Å². The Morgan fingerprint density at radius 3 is 2.86 bits per heavy atom. The lowest BCUT2D eigenvalue weighted by Gasteiger charge is -2.51. The van der Waals surface area contributed by atoms with Gasteiger partial charge < -0.3 is 19.9 Å². The third-order valence-electron chi connectivity index (χ3n) is 7.56. The number of carbonyl (C=O) groups excluding carboxylic acids is 1. The predicted octanol–water partition coefficient (Wildman–Crippen LogP) is 3.56. The number of allylic oxidation sites excluding steroid dienone is 3. The summed E-state index contributed by atoms with van der Waals surface area (Å²) >= 11 is 0. The van der Waals surface area contributed by atoms with Crippen LogP contribution >= 0.6 is 0 Å². The van der Waals surface area contributed by atoms with Crippen LogP contribution in [0, 0.1) is 0 Å². The van der Waals surface area contributed by atoms with Crippen molar-refractivity contribution in [2.75, 3.05) is 33.4 Å². The minimum atomic E-state index is -0.656. The van der Waals surface area contributed by atoms with Gasteiger partial charge in [0.05, 0.1) is 11.7 Å². The number of aliphatic hydroxyl groups excluding tert-OH is 1. The number of methoxy groups -OCH3 is 1. The zero-order valence-electron chi connectivity index (χ0n) is 21.3. The number of hydrogen-bond donors (Lipinski definition) is 2. The zero-order valence-corrected chi connectivity index (χ0v) is 21.3. The summed E-state index contributed by atoms with van der Waals surface area (Å²) in [4.78, 5) is 20.0. The minimum Gasteiger partial charge on any atom is -0.389 e. The van der Waals surface area contributed by atoms with Crippen LogP contribution in [-0.4, -0.2) is 72.2 Å². The van der Waals surface area contributed by atoms with Crippen LogP contribution in [0.1, 0.15) is 61.9 Å². The van der Waals surface area contributed by atoms with Gasteiger partial charge >= 0.3 is 0 Å². The highest BCUT2D eigenvalue weighted by Gasteiger charge is 2.46. The molecule has 2 unspecified atom stereocenters. The number of pyridine rings is 1. The van der Waals surface area contributed by atoms with E-state index in [0.717, 1.165) is 55.7 Å². The highest BCUT2D eigenvalue weighted by atomic mass is 16.5. The SMILES string of the molecule is CCN(C1CCOCC1)C1(OC)CC(C)=CC2=C1CNC(=O)c1cnccc1CC=CC(O)CC2. The molecule has 7 nitrogen and oxygen atoms in total. The normalized spacial score (nSPS) is 26.7. The number of nitrogens with zero attached hydrogens (tertiary/aromatic N) is 2. The average molecular weight is 482 g/mol. The Balaban J connectivity index is 1.77. The summed E-state index contributed by atoms with van der Waals surface area (Å²) < 4.78 is 12.1. The first-order chi connectivity index (χ1) is 17.0. The van der Waals surface area contributed by atoms with Gasteiger partial charge in [0.1, 0.15) is 5.72 Å². The molecule has 3 heterocycles. The molecule has 0 saturated carbocycles. The highest BCUT2D eigenvalue weighted by molar-refractivity contribution is 5.95. The fourth-order valence-electron chi connectivity index (χ4n) is 5.86. The van der Waals surface area contributed by atoms with Crippen LogP contribution in [0.4, 0.5) is 0 Å².